The topological polar surface area (TPSA) is 89.7 Å². The van der Waals surface area contributed by atoms with Crippen molar-refractivity contribution in [2.75, 3.05) is 26.4 Å². The number of carbonyl (C=O) groups is 1. The number of esters is 1. The first-order valence-corrected chi connectivity index (χ1v) is 7.54. The van der Waals surface area contributed by atoms with Crippen LogP contribution in [0.15, 0.2) is 17.0 Å². The highest BCUT2D eigenvalue weighted by atomic mass is 32.2. The van der Waals surface area contributed by atoms with Crippen LogP contribution in [-0.4, -0.2) is 39.4 Å². The van der Waals surface area contributed by atoms with Crippen LogP contribution in [0, 0.1) is 13.8 Å². The van der Waals surface area contributed by atoms with Crippen molar-refractivity contribution in [3.63, 3.8) is 0 Å². The SMILES string of the molecule is COC(=O)CCN(C)S(=O)(=O)c1cc(C)c(C)cc1N. The van der Waals surface area contributed by atoms with Gasteiger partial charge in [0, 0.05) is 13.6 Å². The van der Waals surface area contributed by atoms with Crippen LogP contribution >= 0.6 is 0 Å². The largest absolute Gasteiger partial charge is 0.469 e. The van der Waals surface area contributed by atoms with E-state index < -0.39 is 16.0 Å². The molecule has 1 rings (SSSR count). The highest BCUT2D eigenvalue weighted by Crippen LogP contribution is 2.25. The Labute approximate surface area is 119 Å². The summed E-state index contributed by atoms with van der Waals surface area (Å²) in [7, 11) is -1.04. The van der Waals surface area contributed by atoms with Gasteiger partial charge in [0.05, 0.1) is 19.2 Å². The minimum Gasteiger partial charge on any atom is -0.469 e. The van der Waals surface area contributed by atoms with Crippen molar-refractivity contribution in [1.29, 1.82) is 0 Å². The molecule has 0 aliphatic carbocycles. The molecule has 1 aromatic carbocycles. The lowest BCUT2D eigenvalue weighted by Gasteiger charge is -2.18. The van der Waals surface area contributed by atoms with E-state index in [1.165, 1.54) is 14.2 Å². The zero-order valence-corrected chi connectivity index (χ0v) is 13.0. The van der Waals surface area contributed by atoms with Crippen molar-refractivity contribution in [2.24, 2.45) is 0 Å². The number of hydrogen-bond acceptors (Lipinski definition) is 5. The van der Waals surface area contributed by atoms with Gasteiger partial charge in [-0.3, -0.25) is 4.79 Å². The Morgan fingerprint density at radius 2 is 1.85 bits per heavy atom. The summed E-state index contributed by atoms with van der Waals surface area (Å²) in [4.78, 5) is 11.1. The third-order valence-electron chi connectivity index (χ3n) is 3.17. The molecule has 0 heterocycles. The third-order valence-corrected chi connectivity index (χ3v) is 5.09. The smallest absolute Gasteiger partial charge is 0.306 e. The van der Waals surface area contributed by atoms with Crippen LogP contribution in [0.3, 0.4) is 0 Å². The summed E-state index contributed by atoms with van der Waals surface area (Å²) in [5, 5.41) is 0. The molecule has 0 spiro atoms. The monoisotopic (exact) mass is 300 g/mol. The molecule has 0 radical (unpaired) electrons. The van der Waals surface area contributed by atoms with Gasteiger partial charge in [-0.05, 0) is 37.1 Å². The van der Waals surface area contributed by atoms with Crippen molar-refractivity contribution in [2.45, 2.75) is 25.2 Å². The number of aryl methyl sites for hydroxylation is 2. The molecule has 0 saturated heterocycles. The van der Waals surface area contributed by atoms with Crippen LogP contribution < -0.4 is 5.73 Å². The minimum absolute atomic E-state index is 0.00300. The highest BCUT2D eigenvalue weighted by molar-refractivity contribution is 7.89. The Hall–Kier alpha value is -1.60. The van der Waals surface area contributed by atoms with Gasteiger partial charge in [0.2, 0.25) is 10.0 Å². The van der Waals surface area contributed by atoms with Crippen molar-refractivity contribution in [3.8, 4) is 0 Å². The highest BCUT2D eigenvalue weighted by Gasteiger charge is 2.24. The number of anilines is 1. The average Bonchev–Trinajstić information content (AvgIpc) is 2.39. The van der Waals surface area contributed by atoms with E-state index >= 15 is 0 Å². The van der Waals surface area contributed by atoms with E-state index in [4.69, 9.17) is 5.73 Å². The fourth-order valence-corrected chi connectivity index (χ4v) is 3.02. The van der Waals surface area contributed by atoms with Crippen LogP contribution in [-0.2, 0) is 19.6 Å². The van der Waals surface area contributed by atoms with Crippen molar-refractivity contribution in [1.82, 2.24) is 4.31 Å². The van der Waals surface area contributed by atoms with Gasteiger partial charge in [0.1, 0.15) is 4.90 Å². The molecule has 0 amide bonds. The number of carbonyl (C=O) groups excluding carboxylic acids is 1. The molecule has 20 heavy (non-hydrogen) atoms. The summed E-state index contributed by atoms with van der Waals surface area (Å²) in [5.74, 6) is -0.458. The number of rotatable bonds is 5. The summed E-state index contributed by atoms with van der Waals surface area (Å²) in [6.07, 6.45) is -0.00300. The van der Waals surface area contributed by atoms with Gasteiger partial charge in [0.25, 0.3) is 0 Å². The predicted molar refractivity (Wildman–Crippen MR) is 76.8 cm³/mol. The number of ether oxygens (including phenoxy) is 1. The van der Waals surface area contributed by atoms with E-state index in [0.29, 0.717) is 0 Å². The standard InChI is InChI=1S/C13H20N2O4S/c1-9-7-11(14)12(8-10(9)2)20(17,18)15(3)6-5-13(16)19-4/h7-8H,5-6,14H2,1-4H3. The number of methoxy groups -OCH3 is 1. The van der Waals surface area contributed by atoms with Gasteiger partial charge >= 0.3 is 5.97 Å². The molecule has 0 unspecified atom stereocenters. The van der Waals surface area contributed by atoms with Gasteiger partial charge in [-0.25, -0.2) is 12.7 Å². The molecule has 0 aliphatic heterocycles. The van der Waals surface area contributed by atoms with Gasteiger partial charge < -0.3 is 10.5 Å². The fraction of sp³-hybridized carbons (Fsp3) is 0.462. The lowest BCUT2D eigenvalue weighted by atomic mass is 10.1. The van der Waals surface area contributed by atoms with Gasteiger partial charge in [-0.2, -0.15) is 0 Å². The number of sulfonamides is 1. The van der Waals surface area contributed by atoms with Gasteiger partial charge in [0.15, 0.2) is 0 Å². The summed E-state index contributed by atoms with van der Waals surface area (Å²) in [6.45, 7) is 3.73. The molecule has 0 saturated carbocycles. The molecule has 0 aromatic heterocycles. The van der Waals surface area contributed by atoms with Crippen molar-refractivity contribution >= 4 is 21.7 Å². The zero-order chi connectivity index (χ0) is 15.5. The van der Waals surface area contributed by atoms with E-state index in [1.807, 2.05) is 13.8 Å². The van der Waals surface area contributed by atoms with E-state index in [9.17, 15) is 13.2 Å². The minimum atomic E-state index is -3.71. The molecular formula is C13H20N2O4S. The first-order chi connectivity index (χ1) is 9.20. The first-order valence-electron chi connectivity index (χ1n) is 6.10. The maximum Gasteiger partial charge on any atom is 0.306 e. The molecule has 0 atom stereocenters. The van der Waals surface area contributed by atoms with E-state index in [0.717, 1.165) is 15.4 Å². The Kier molecular flexibility index (Phi) is 5.13. The van der Waals surface area contributed by atoms with Crippen molar-refractivity contribution in [3.05, 3.63) is 23.3 Å². The molecule has 112 valence electrons. The normalized spacial score (nSPS) is 11.7. The van der Waals surface area contributed by atoms with E-state index in [1.54, 1.807) is 12.1 Å². The average molecular weight is 300 g/mol. The molecular weight excluding hydrogens is 280 g/mol. The third kappa shape index (κ3) is 3.49. The second-order valence-electron chi connectivity index (χ2n) is 4.63. The summed E-state index contributed by atoms with van der Waals surface area (Å²) in [5.41, 5.74) is 7.78. The van der Waals surface area contributed by atoms with Crippen LogP contribution in [0.5, 0.6) is 0 Å². The number of hydrogen-bond donors (Lipinski definition) is 1. The number of benzene rings is 1. The lowest BCUT2D eigenvalue weighted by molar-refractivity contribution is -0.140. The molecule has 0 aliphatic rings. The fourth-order valence-electron chi connectivity index (χ4n) is 1.67. The Balaban J connectivity index is 3.04. The molecule has 2 N–H and O–H groups in total. The maximum atomic E-state index is 12.4. The molecule has 1 aromatic rings. The predicted octanol–water partition coefficient (Wildman–Crippen LogP) is 1.07. The summed E-state index contributed by atoms with van der Waals surface area (Å²) in [6, 6.07) is 3.19. The van der Waals surface area contributed by atoms with Crippen molar-refractivity contribution < 1.29 is 17.9 Å². The second kappa shape index (κ2) is 6.23. The number of nitrogens with two attached hydrogens (primary N) is 1. The quantitative estimate of drug-likeness (QED) is 0.649. The van der Waals surface area contributed by atoms with Gasteiger partial charge in [-0.1, -0.05) is 0 Å². The van der Waals surface area contributed by atoms with Crippen LogP contribution in [0.4, 0.5) is 5.69 Å². The first kappa shape index (κ1) is 16.5. The lowest BCUT2D eigenvalue weighted by Crippen LogP contribution is -2.30. The van der Waals surface area contributed by atoms with Gasteiger partial charge in [-0.15, -0.1) is 0 Å². The van der Waals surface area contributed by atoms with E-state index in [-0.39, 0.29) is 23.5 Å². The Morgan fingerprint density at radius 3 is 2.40 bits per heavy atom. The molecule has 7 heteroatoms. The van der Waals surface area contributed by atoms with E-state index in [2.05, 4.69) is 4.74 Å². The maximum absolute atomic E-state index is 12.4. The Morgan fingerprint density at radius 1 is 1.30 bits per heavy atom. The number of nitrogens with zero attached hydrogens (tertiary/aromatic N) is 1. The molecule has 0 fully saturated rings. The second-order valence-corrected chi connectivity index (χ2v) is 6.64. The van der Waals surface area contributed by atoms with Crippen LogP contribution in [0.25, 0.3) is 0 Å². The molecule has 6 nitrogen and oxygen atoms in total. The van der Waals surface area contributed by atoms with Crippen LogP contribution in [0.2, 0.25) is 0 Å². The summed E-state index contributed by atoms with van der Waals surface area (Å²) < 4.78 is 30.4. The van der Waals surface area contributed by atoms with Crippen LogP contribution in [0.1, 0.15) is 17.5 Å². The molecule has 0 bridgehead atoms. The Bertz CT molecular complexity index is 611. The zero-order valence-electron chi connectivity index (χ0n) is 12.1. The number of nitrogen functional groups attached to an aromatic ring is 1. The summed E-state index contributed by atoms with van der Waals surface area (Å²) >= 11 is 0.